The molecule has 4 aromatic carbocycles. The van der Waals surface area contributed by atoms with Crippen LogP contribution in [0.5, 0.6) is 11.5 Å². The number of nitrogens with one attached hydrogen (secondary N) is 1. The lowest BCUT2D eigenvalue weighted by atomic mass is 9.49. The molecular formula is C40H33Br2N3O6. The van der Waals surface area contributed by atoms with Crippen LogP contribution >= 0.6 is 31.9 Å². The molecule has 11 heteroatoms. The second-order valence-corrected chi connectivity index (χ2v) is 15.2. The number of aryl methyl sites for hydroxylation is 1. The van der Waals surface area contributed by atoms with Crippen LogP contribution in [0.3, 0.4) is 0 Å². The fourth-order valence-electron chi connectivity index (χ4n) is 8.90. The average molecular weight is 812 g/mol. The fourth-order valence-corrected chi connectivity index (χ4v) is 9.86. The fraction of sp³-hybridized carbons (Fsp3) is 0.250. The van der Waals surface area contributed by atoms with E-state index in [1.165, 1.54) is 12.0 Å². The molecule has 258 valence electrons. The van der Waals surface area contributed by atoms with E-state index >= 15 is 4.79 Å². The SMILES string of the molecule is COc1cc([C@H]2C3=CC[C@@H]4C(=O)N(c5ccccc5)C(=O)[C@@H]4[C@@H]3C[C@H]3C(=O)N(Nc4ccc(C)cc4)C(=O)[C@@]23c2ccccc2)c(Br)c(Br)c1O. The van der Waals surface area contributed by atoms with Crippen molar-refractivity contribution in [2.24, 2.45) is 23.7 Å². The van der Waals surface area contributed by atoms with Crippen LogP contribution in [0, 0.1) is 30.6 Å². The minimum Gasteiger partial charge on any atom is -0.503 e. The zero-order valence-corrected chi connectivity index (χ0v) is 30.8. The number of hydrazine groups is 1. The molecule has 2 saturated heterocycles. The highest BCUT2D eigenvalue weighted by atomic mass is 79.9. The second kappa shape index (κ2) is 12.5. The molecule has 3 fully saturated rings. The van der Waals surface area contributed by atoms with E-state index in [4.69, 9.17) is 4.74 Å². The van der Waals surface area contributed by atoms with E-state index in [0.717, 1.165) is 16.1 Å². The number of fused-ring (bicyclic) bond motifs is 4. The Morgan fingerprint density at radius 3 is 2.18 bits per heavy atom. The number of ether oxygens (including phenoxy) is 1. The molecule has 0 bridgehead atoms. The molecule has 9 nitrogen and oxygen atoms in total. The number of rotatable bonds is 6. The van der Waals surface area contributed by atoms with E-state index in [2.05, 4.69) is 37.3 Å². The molecule has 51 heavy (non-hydrogen) atoms. The van der Waals surface area contributed by atoms with E-state index < -0.39 is 46.8 Å². The summed E-state index contributed by atoms with van der Waals surface area (Å²) >= 11 is 7.26. The molecule has 8 rings (SSSR count). The van der Waals surface area contributed by atoms with Gasteiger partial charge in [0, 0.05) is 10.4 Å². The monoisotopic (exact) mass is 809 g/mol. The van der Waals surface area contributed by atoms with Gasteiger partial charge in [-0.05, 0) is 99.0 Å². The second-order valence-electron chi connectivity index (χ2n) is 13.6. The van der Waals surface area contributed by atoms with Gasteiger partial charge in [0.05, 0.1) is 46.1 Å². The summed E-state index contributed by atoms with van der Waals surface area (Å²) in [4.78, 5) is 60.0. The summed E-state index contributed by atoms with van der Waals surface area (Å²) in [7, 11) is 1.45. The lowest BCUT2D eigenvalue weighted by molar-refractivity contribution is -0.138. The van der Waals surface area contributed by atoms with Gasteiger partial charge in [0.2, 0.25) is 11.8 Å². The van der Waals surface area contributed by atoms with Crippen molar-refractivity contribution < 1.29 is 29.0 Å². The number of nitrogens with zero attached hydrogens (tertiary/aromatic N) is 2. The number of phenols is 1. The molecule has 4 amide bonds. The number of hydrogen-bond donors (Lipinski definition) is 2. The number of anilines is 2. The topological polar surface area (TPSA) is 116 Å². The van der Waals surface area contributed by atoms with Crippen molar-refractivity contribution in [2.45, 2.75) is 31.1 Å². The highest BCUT2D eigenvalue weighted by Gasteiger charge is 2.70. The Balaban J connectivity index is 1.37. The zero-order valence-electron chi connectivity index (χ0n) is 27.7. The van der Waals surface area contributed by atoms with Gasteiger partial charge in [-0.1, -0.05) is 77.9 Å². The summed E-state index contributed by atoms with van der Waals surface area (Å²) in [5.74, 6) is -5.02. The molecule has 0 aromatic heterocycles. The average Bonchev–Trinajstić information content (AvgIpc) is 3.53. The van der Waals surface area contributed by atoms with Gasteiger partial charge in [-0.25, -0.2) is 0 Å². The highest BCUT2D eigenvalue weighted by Crippen LogP contribution is 2.65. The van der Waals surface area contributed by atoms with Gasteiger partial charge >= 0.3 is 0 Å². The Kier molecular flexibility index (Phi) is 8.18. The van der Waals surface area contributed by atoms with Gasteiger partial charge in [-0.2, -0.15) is 5.01 Å². The Morgan fingerprint density at radius 1 is 0.843 bits per heavy atom. The van der Waals surface area contributed by atoms with Crippen LogP contribution in [0.2, 0.25) is 0 Å². The summed E-state index contributed by atoms with van der Waals surface area (Å²) in [5, 5.41) is 12.1. The van der Waals surface area contributed by atoms with Crippen molar-refractivity contribution in [3.63, 3.8) is 0 Å². The van der Waals surface area contributed by atoms with Crippen LogP contribution < -0.4 is 15.1 Å². The number of carbonyl (C=O) groups excluding carboxylic acids is 4. The number of carbonyl (C=O) groups is 4. The molecule has 0 radical (unpaired) electrons. The third-order valence-electron chi connectivity index (χ3n) is 11.1. The number of halogens is 2. The first-order valence-electron chi connectivity index (χ1n) is 16.7. The molecule has 4 aliphatic rings. The summed E-state index contributed by atoms with van der Waals surface area (Å²) in [5.41, 5.74) is 5.78. The van der Waals surface area contributed by atoms with Gasteiger partial charge in [0.25, 0.3) is 11.8 Å². The van der Waals surface area contributed by atoms with Crippen molar-refractivity contribution in [3.8, 4) is 11.5 Å². The van der Waals surface area contributed by atoms with Crippen molar-refractivity contribution in [2.75, 3.05) is 17.4 Å². The number of imide groups is 2. The van der Waals surface area contributed by atoms with Crippen LogP contribution in [0.25, 0.3) is 0 Å². The minimum atomic E-state index is -1.47. The number of allylic oxidation sites excluding steroid dienone is 2. The molecule has 2 aliphatic heterocycles. The molecule has 0 spiro atoms. The highest BCUT2D eigenvalue weighted by molar-refractivity contribution is 9.13. The van der Waals surface area contributed by atoms with Crippen molar-refractivity contribution in [1.82, 2.24) is 5.01 Å². The quantitative estimate of drug-likeness (QED) is 0.154. The van der Waals surface area contributed by atoms with E-state index in [9.17, 15) is 19.5 Å². The number of methoxy groups -OCH3 is 1. The van der Waals surface area contributed by atoms with E-state index in [-0.39, 0.29) is 36.2 Å². The number of para-hydroxylation sites is 1. The van der Waals surface area contributed by atoms with Gasteiger partial charge in [0.15, 0.2) is 11.5 Å². The lowest BCUT2D eigenvalue weighted by Crippen LogP contribution is -2.53. The smallest absolute Gasteiger partial charge is 0.260 e. The summed E-state index contributed by atoms with van der Waals surface area (Å²) < 4.78 is 6.42. The largest absolute Gasteiger partial charge is 0.503 e. The van der Waals surface area contributed by atoms with Crippen LogP contribution in [0.15, 0.2) is 112 Å². The minimum absolute atomic E-state index is 0.130. The third-order valence-corrected chi connectivity index (χ3v) is 13.3. The summed E-state index contributed by atoms with van der Waals surface area (Å²) in [6.45, 7) is 1.96. The van der Waals surface area contributed by atoms with Crippen LogP contribution in [-0.4, -0.2) is 40.9 Å². The number of hydrogen-bond acceptors (Lipinski definition) is 7. The van der Waals surface area contributed by atoms with Gasteiger partial charge in [0.1, 0.15) is 0 Å². The van der Waals surface area contributed by atoms with E-state index in [1.54, 1.807) is 30.3 Å². The lowest BCUT2D eigenvalue weighted by Gasteiger charge is -2.51. The van der Waals surface area contributed by atoms with Crippen molar-refractivity contribution in [3.05, 3.63) is 128 Å². The summed E-state index contributed by atoms with van der Waals surface area (Å²) in [6, 6.07) is 27.3. The molecule has 6 atom stereocenters. The molecule has 2 aliphatic carbocycles. The third kappa shape index (κ3) is 4.84. The Labute approximate surface area is 311 Å². The molecular weight excluding hydrogens is 778 g/mol. The van der Waals surface area contributed by atoms with Crippen LogP contribution in [0.1, 0.15) is 35.4 Å². The Hall–Kier alpha value is -4.74. The number of amides is 4. The predicted octanol–water partition coefficient (Wildman–Crippen LogP) is 7.42. The molecule has 4 aromatic rings. The standard InChI is InChI=1S/C40H33Br2N3O6/c1-21-13-15-23(16-14-21)43-45-37(48)29-19-27-25(17-18-26-31(27)38(49)44(36(26)47)24-11-7-4-8-12-24)32(28-20-30(51-2)35(46)34(42)33(28)41)40(29,39(45)50)22-9-5-3-6-10-22/h3-17,20,26-27,29,31-32,43,46H,18-19H2,1-2H3/t26-,27+,29-,31-,32+,40+/m0/s1. The first-order valence-corrected chi connectivity index (χ1v) is 18.3. The van der Waals surface area contributed by atoms with Gasteiger partial charge in [-0.15, -0.1) is 0 Å². The van der Waals surface area contributed by atoms with Gasteiger partial charge < -0.3 is 9.84 Å². The predicted molar refractivity (Wildman–Crippen MR) is 198 cm³/mol. The van der Waals surface area contributed by atoms with E-state index in [1.807, 2.05) is 73.7 Å². The van der Waals surface area contributed by atoms with Crippen molar-refractivity contribution >= 4 is 66.9 Å². The maximum atomic E-state index is 15.4. The molecule has 2 heterocycles. The first-order chi connectivity index (χ1) is 24.6. The molecule has 2 N–H and O–H groups in total. The summed E-state index contributed by atoms with van der Waals surface area (Å²) in [6.07, 6.45) is 2.47. The van der Waals surface area contributed by atoms with Crippen molar-refractivity contribution in [1.29, 1.82) is 0 Å². The van der Waals surface area contributed by atoms with Crippen LogP contribution in [0.4, 0.5) is 11.4 Å². The first kappa shape index (κ1) is 33.4. The maximum Gasteiger partial charge on any atom is 0.260 e. The zero-order chi connectivity index (χ0) is 35.8. The van der Waals surface area contributed by atoms with E-state index in [0.29, 0.717) is 31.4 Å². The molecule has 0 unspecified atom stereocenters. The Bertz CT molecular complexity index is 2140. The molecule has 1 saturated carbocycles. The van der Waals surface area contributed by atoms with Crippen LogP contribution in [-0.2, 0) is 24.6 Å². The van der Waals surface area contributed by atoms with Gasteiger partial charge in [-0.3, -0.25) is 29.5 Å². The number of benzene rings is 4. The normalized spacial score (nSPS) is 26.8. The maximum absolute atomic E-state index is 15.4. The number of phenolic OH excluding ortho intramolecular Hbond substituents is 1. The Morgan fingerprint density at radius 2 is 1.51 bits per heavy atom. The number of aromatic hydroxyl groups is 1.